The molecule has 1 rings (SSSR count). The molecule has 0 saturated carbocycles. The minimum Gasteiger partial charge on any atom is -0.360 e. The molecule has 0 aliphatic rings. The number of rotatable bonds is 27. The smallest absolute Gasteiger partial charge is 0.226 e. The average molecular weight is 535 g/mol. The van der Waals surface area contributed by atoms with Crippen LogP contribution in [0.15, 0.2) is 12.2 Å². The van der Waals surface area contributed by atoms with Crippen LogP contribution in [0.1, 0.15) is 162 Å². The van der Waals surface area contributed by atoms with Crippen molar-refractivity contribution in [1.82, 2.24) is 10.2 Å². The van der Waals surface area contributed by atoms with E-state index in [9.17, 15) is 4.79 Å². The van der Waals surface area contributed by atoms with Crippen molar-refractivity contribution in [3.63, 3.8) is 0 Å². The highest BCUT2D eigenvalue weighted by Gasteiger charge is 2.08. The molecule has 1 amide bonds. The van der Waals surface area contributed by atoms with Crippen LogP contribution in [0.2, 0.25) is 0 Å². The summed E-state index contributed by atoms with van der Waals surface area (Å²) in [4.78, 5) is 12.2. The molecular formula is C31H58N4OS. The molecule has 0 bridgehead atoms. The number of allylic oxidation sites excluding steroid dienone is 2. The minimum absolute atomic E-state index is 0.0549. The molecule has 0 aliphatic carbocycles. The number of anilines is 2. The number of aromatic nitrogens is 2. The van der Waals surface area contributed by atoms with Crippen LogP contribution in [0.3, 0.4) is 0 Å². The molecule has 0 atom stereocenters. The van der Waals surface area contributed by atoms with Gasteiger partial charge in [0.05, 0.1) is 0 Å². The zero-order valence-electron chi connectivity index (χ0n) is 24.3. The molecule has 0 radical (unpaired) electrons. The lowest BCUT2D eigenvalue weighted by Crippen LogP contribution is -2.10. The standard InChI is InChI=1S/C31H58N4OS/c1-3-5-7-9-11-13-14-15-16-17-18-19-21-23-25-27-29(36)33-31-35-34-30(37-31)32-28-26-24-22-20-12-10-8-6-4-2/h15-16H,3-14,17-28H2,1-2H3,(H,32,34)(H,33,35,36). The first-order chi connectivity index (χ1) is 18.3. The zero-order chi connectivity index (χ0) is 26.7. The summed E-state index contributed by atoms with van der Waals surface area (Å²) in [6, 6.07) is 0. The van der Waals surface area contributed by atoms with Gasteiger partial charge >= 0.3 is 0 Å². The summed E-state index contributed by atoms with van der Waals surface area (Å²) in [6.45, 7) is 5.46. The fourth-order valence-corrected chi connectivity index (χ4v) is 5.20. The Kier molecular flexibility index (Phi) is 23.8. The van der Waals surface area contributed by atoms with E-state index in [0.29, 0.717) is 11.6 Å². The lowest BCUT2D eigenvalue weighted by Gasteiger charge is -2.03. The van der Waals surface area contributed by atoms with E-state index in [1.807, 2.05) is 0 Å². The second kappa shape index (κ2) is 26.2. The maximum absolute atomic E-state index is 12.2. The number of hydrogen-bond donors (Lipinski definition) is 2. The molecule has 214 valence electrons. The van der Waals surface area contributed by atoms with Crippen molar-refractivity contribution in [3.05, 3.63) is 12.2 Å². The summed E-state index contributed by atoms with van der Waals surface area (Å²) in [5, 5.41) is 15.9. The second-order valence-corrected chi connectivity index (χ2v) is 11.5. The van der Waals surface area contributed by atoms with Crippen molar-refractivity contribution in [3.8, 4) is 0 Å². The first kappa shape index (κ1) is 33.6. The molecule has 0 fully saturated rings. The van der Waals surface area contributed by atoms with Crippen LogP contribution in [0.25, 0.3) is 0 Å². The first-order valence-electron chi connectivity index (χ1n) is 15.8. The zero-order valence-corrected chi connectivity index (χ0v) is 25.2. The molecule has 1 aromatic heterocycles. The predicted molar refractivity (Wildman–Crippen MR) is 164 cm³/mol. The van der Waals surface area contributed by atoms with Gasteiger partial charge in [-0.15, -0.1) is 10.2 Å². The summed E-state index contributed by atoms with van der Waals surface area (Å²) in [7, 11) is 0. The normalized spacial score (nSPS) is 11.4. The van der Waals surface area contributed by atoms with E-state index in [4.69, 9.17) is 0 Å². The van der Waals surface area contributed by atoms with Gasteiger partial charge in [-0.05, 0) is 38.5 Å². The van der Waals surface area contributed by atoms with E-state index in [1.165, 1.54) is 133 Å². The molecule has 1 aromatic rings. The van der Waals surface area contributed by atoms with Gasteiger partial charge in [0.1, 0.15) is 0 Å². The summed E-state index contributed by atoms with van der Waals surface area (Å²) >= 11 is 1.43. The van der Waals surface area contributed by atoms with Gasteiger partial charge in [0.15, 0.2) is 0 Å². The van der Waals surface area contributed by atoms with E-state index >= 15 is 0 Å². The van der Waals surface area contributed by atoms with Gasteiger partial charge in [0.2, 0.25) is 16.2 Å². The number of amides is 1. The monoisotopic (exact) mass is 534 g/mol. The second-order valence-electron chi connectivity index (χ2n) is 10.6. The Labute approximate surface area is 233 Å². The maximum Gasteiger partial charge on any atom is 0.226 e. The van der Waals surface area contributed by atoms with Crippen LogP contribution in [-0.2, 0) is 4.79 Å². The van der Waals surface area contributed by atoms with E-state index in [2.05, 4.69) is 46.8 Å². The number of unbranched alkanes of at least 4 members (excludes halogenated alkanes) is 19. The summed E-state index contributed by atoms with van der Waals surface area (Å²) in [5.74, 6) is 0.0549. The van der Waals surface area contributed by atoms with Gasteiger partial charge in [-0.1, -0.05) is 140 Å². The van der Waals surface area contributed by atoms with E-state index in [1.54, 1.807) is 0 Å². The van der Waals surface area contributed by atoms with Crippen LogP contribution < -0.4 is 10.6 Å². The highest BCUT2D eigenvalue weighted by molar-refractivity contribution is 7.19. The van der Waals surface area contributed by atoms with Crippen molar-refractivity contribution in [1.29, 1.82) is 0 Å². The third-order valence-electron chi connectivity index (χ3n) is 6.89. The lowest BCUT2D eigenvalue weighted by molar-refractivity contribution is -0.116. The first-order valence-corrected chi connectivity index (χ1v) is 16.6. The highest BCUT2D eigenvalue weighted by atomic mass is 32.1. The summed E-state index contributed by atoms with van der Waals surface area (Å²) < 4.78 is 0. The molecule has 0 aromatic carbocycles. The van der Waals surface area contributed by atoms with Gasteiger partial charge in [0, 0.05) is 13.0 Å². The summed E-state index contributed by atoms with van der Waals surface area (Å²) in [5.41, 5.74) is 0. The predicted octanol–water partition coefficient (Wildman–Crippen LogP) is 10.5. The molecule has 6 heteroatoms. The largest absolute Gasteiger partial charge is 0.360 e. The summed E-state index contributed by atoms with van der Waals surface area (Å²) in [6.07, 6.45) is 33.8. The fraction of sp³-hybridized carbons (Fsp3) is 0.839. The Hall–Kier alpha value is -1.43. The molecule has 1 heterocycles. The lowest BCUT2D eigenvalue weighted by atomic mass is 10.1. The number of nitrogens with one attached hydrogen (secondary N) is 2. The SMILES string of the molecule is CCCCCCCCC=CCCCCCCCC(=O)Nc1nnc(NCCCCCCCCCCC)s1. The van der Waals surface area contributed by atoms with Crippen LogP contribution in [-0.4, -0.2) is 22.6 Å². The molecule has 5 nitrogen and oxygen atoms in total. The van der Waals surface area contributed by atoms with Crippen LogP contribution >= 0.6 is 11.3 Å². The Bertz CT molecular complexity index is 661. The molecule has 2 N–H and O–H groups in total. The Morgan fingerprint density at radius 3 is 1.65 bits per heavy atom. The quantitative estimate of drug-likeness (QED) is 0.0870. The number of carbonyl (C=O) groups is 1. The van der Waals surface area contributed by atoms with E-state index < -0.39 is 0 Å². The molecular weight excluding hydrogens is 476 g/mol. The topological polar surface area (TPSA) is 66.9 Å². The number of nitrogens with zero attached hydrogens (tertiary/aromatic N) is 2. The molecule has 0 spiro atoms. The number of carbonyl (C=O) groups excluding carboxylic acids is 1. The van der Waals surface area contributed by atoms with Gasteiger partial charge in [-0.3, -0.25) is 4.79 Å². The van der Waals surface area contributed by atoms with E-state index in [-0.39, 0.29) is 5.91 Å². The molecule has 0 unspecified atom stereocenters. The highest BCUT2D eigenvalue weighted by Crippen LogP contribution is 2.20. The van der Waals surface area contributed by atoms with Gasteiger partial charge in [-0.25, -0.2) is 0 Å². The maximum atomic E-state index is 12.2. The average Bonchev–Trinajstić information content (AvgIpc) is 3.34. The van der Waals surface area contributed by atoms with Crippen LogP contribution in [0, 0.1) is 0 Å². The van der Waals surface area contributed by atoms with Gasteiger partial charge < -0.3 is 10.6 Å². The third kappa shape index (κ3) is 22.3. The van der Waals surface area contributed by atoms with E-state index in [0.717, 1.165) is 30.9 Å². The van der Waals surface area contributed by atoms with Crippen LogP contribution in [0.5, 0.6) is 0 Å². The number of hydrogen-bond acceptors (Lipinski definition) is 5. The Balaban J connectivity index is 1.91. The van der Waals surface area contributed by atoms with Crippen molar-refractivity contribution in [2.45, 2.75) is 162 Å². The Morgan fingerprint density at radius 2 is 1.08 bits per heavy atom. The molecule has 0 saturated heterocycles. The van der Waals surface area contributed by atoms with Crippen molar-refractivity contribution in [2.24, 2.45) is 0 Å². The minimum atomic E-state index is 0.0549. The Morgan fingerprint density at radius 1 is 0.622 bits per heavy atom. The van der Waals surface area contributed by atoms with Crippen molar-refractivity contribution in [2.75, 3.05) is 17.2 Å². The molecule has 0 aliphatic heterocycles. The third-order valence-corrected chi connectivity index (χ3v) is 7.69. The van der Waals surface area contributed by atoms with Gasteiger partial charge in [-0.2, -0.15) is 0 Å². The molecule has 37 heavy (non-hydrogen) atoms. The van der Waals surface area contributed by atoms with Gasteiger partial charge in [0.25, 0.3) is 0 Å². The van der Waals surface area contributed by atoms with Crippen molar-refractivity contribution >= 4 is 27.5 Å². The van der Waals surface area contributed by atoms with Crippen LogP contribution in [0.4, 0.5) is 10.3 Å². The fourth-order valence-electron chi connectivity index (χ4n) is 4.51. The van der Waals surface area contributed by atoms with Crippen molar-refractivity contribution < 1.29 is 4.79 Å².